The summed E-state index contributed by atoms with van der Waals surface area (Å²) in [5.74, 6) is 1.07. The minimum absolute atomic E-state index is 0.561. The number of methoxy groups -OCH3 is 1. The normalized spacial score (nSPS) is 11.1. The predicted molar refractivity (Wildman–Crippen MR) is 63.3 cm³/mol. The van der Waals surface area contributed by atoms with Crippen molar-refractivity contribution in [1.29, 1.82) is 0 Å². The summed E-state index contributed by atoms with van der Waals surface area (Å²) in [4.78, 5) is 4.41. The Bertz CT molecular complexity index is 464. The first-order chi connectivity index (χ1) is 7.85. The highest BCUT2D eigenvalue weighted by molar-refractivity contribution is 5.47. The number of rotatable bonds is 5. The first-order valence-electron chi connectivity index (χ1n) is 5.49. The van der Waals surface area contributed by atoms with E-state index in [2.05, 4.69) is 21.6 Å². The number of ether oxygens (including phenoxy) is 1. The van der Waals surface area contributed by atoms with Crippen LogP contribution in [0.5, 0.6) is 0 Å². The third-order valence-electron chi connectivity index (χ3n) is 2.65. The summed E-state index contributed by atoms with van der Waals surface area (Å²) in [6.45, 7) is 1.33. The van der Waals surface area contributed by atoms with Gasteiger partial charge in [0.2, 0.25) is 0 Å². The van der Waals surface area contributed by atoms with Crippen LogP contribution in [0.2, 0.25) is 0 Å². The van der Waals surface area contributed by atoms with E-state index < -0.39 is 0 Å². The van der Waals surface area contributed by atoms with Crippen LogP contribution < -0.4 is 5.73 Å². The molecule has 0 aliphatic heterocycles. The lowest BCUT2D eigenvalue weighted by atomic mass is 10.2. The molecule has 0 bridgehead atoms. The summed E-state index contributed by atoms with van der Waals surface area (Å²) in [5.41, 5.74) is 7.87. The molecule has 0 fully saturated rings. The monoisotopic (exact) mass is 219 g/mol. The molecule has 0 unspecified atom stereocenters. The van der Waals surface area contributed by atoms with Crippen molar-refractivity contribution in [2.45, 2.75) is 19.4 Å². The Morgan fingerprint density at radius 1 is 1.44 bits per heavy atom. The zero-order valence-corrected chi connectivity index (χ0v) is 9.52. The van der Waals surface area contributed by atoms with Crippen molar-refractivity contribution in [3.8, 4) is 0 Å². The van der Waals surface area contributed by atoms with Gasteiger partial charge in [0.15, 0.2) is 0 Å². The second kappa shape index (κ2) is 5.09. The van der Waals surface area contributed by atoms with Crippen molar-refractivity contribution in [2.24, 2.45) is 5.73 Å². The Morgan fingerprint density at radius 2 is 2.31 bits per heavy atom. The fourth-order valence-electron chi connectivity index (χ4n) is 1.77. The van der Waals surface area contributed by atoms with E-state index in [0.29, 0.717) is 6.54 Å². The number of hydrogen-bond donors (Lipinski definition) is 1. The van der Waals surface area contributed by atoms with Crippen LogP contribution in [0.25, 0.3) is 5.52 Å². The molecule has 0 saturated carbocycles. The number of aromatic nitrogens is 2. The number of aryl methyl sites for hydroxylation is 1. The molecule has 0 saturated heterocycles. The average Bonchev–Trinajstić information content (AvgIpc) is 2.72. The maximum absolute atomic E-state index is 5.63. The van der Waals surface area contributed by atoms with E-state index in [1.807, 2.05) is 12.3 Å². The van der Waals surface area contributed by atoms with E-state index in [0.717, 1.165) is 36.4 Å². The minimum Gasteiger partial charge on any atom is -0.385 e. The van der Waals surface area contributed by atoms with Crippen LogP contribution in [0.1, 0.15) is 17.8 Å². The molecule has 0 amide bonds. The van der Waals surface area contributed by atoms with Gasteiger partial charge in [-0.1, -0.05) is 6.07 Å². The lowest BCUT2D eigenvalue weighted by Gasteiger charge is -2.03. The van der Waals surface area contributed by atoms with Gasteiger partial charge in [-0.15, -0.1) is 0 Å². The first-order valence-corrected chi connectivity index (χ1v) is 5.49. The highest BCUT2D eigenvalue weighted by atomic mass is 16.5. The lowest BCUT2D eigenvalue weighted by Crippen LogP contribution is -2.01. The van der Waals surface area contributed by atoms with Crippen LogP contribution >= 0.6 is 0 Å². The van der Waals surface area contributed by atoms with Crippen molar-refractivity contribution in [1.82, 2.24) is 9.38 Å². The van der Waals surface area contributed by atoms with Crippen LogP contribution in [0.15, 0.2) is 24.5 Å². The quantitative estimate of drug-likeness (QED) is 0.773. The molecule has 2 heterocycles. The number of nitrogens with zero attached hydrogens (tertiary/aromatic N) is 2. The molecule has 0 aromatic carbocycles. The molecule has 2 aromatic heterocycles. The molecule has 86 valence electrons. The first kappa shape index (κ1) is 11.1. The summed E-state index contributed by atoms with van der Waals surface area (Å²) in [5, 5.41) is 0. The lowest BCUT2D eigenvalue weighted by molar-refractivity contribution is 0.194. The third-order valence-corrected chi connectivity index (χ3v) is 2.65. The Kier molecular flexibility index (Phi) is 3.54. The van der Waals surface area contributed by atoms with Crippen molar-refractivity contribution < 1.29 is 4.74 Å². The molecule has 4 heteroatoms. The number of hydrogen-bond acceptors (Lipinski definition) is 3. The Labute approximate surface area is 95.0 Å². The minimum atomic E-state index is 0.561. The summed E-state index contributed by atoms with van der Waals surface area (Å²) in [7, 11) is 1.72. The van der Waals surface area contributed by atoms with E-state index in [4.69, 9.17) is 10.5 Å². The molecule has 2 N–H and O–H groups in total. The zero-order valence-electron chi connectivity index (χ0n) is 9.52. The van der Waals surface area contributed by atoms with Crippen LogP contribution in [-0.2, 0) is 17.7 Å². The van der Waals surface area contributed by atoms with E-state index in [9.17, 15) is 0 Å². The van der Waals surface area contributed by atoms with Crippen molar-refractivity contribution in [3.05, 3.63) is 35.9 Å². The molecule has 2 aromatic rings. The second-order valence-corrected chi connectivity index (χ2v) is 3.81. The predicted octanol–water partition coefficient (Wildman–Crippen LogP) is 1.37. The van der Waals surface area contributed by atoms with Gasteiger partial charge in [0.05, 0.1) is 11.7 Å². The van der Waals surface area contributed by atoms with E-state index >= 15 is 0 Å². The van der Waals surface area contributed by atoms with Crippen LogP contribution in [0.3, 0.4) is 0 Å². The zero-order chi connectivity index (χ0) is 11.4. The molecular weight excluding hydrogens is 202 g/mol. The van der Waals surface area contributed by atoms with Crippen LogP contribution in [0, 0.1) is 0 Å². The van der Waals surface area contributed by atoms with Gasteiger partial charge in [-0.2, -0.15) is 0 Å². The second-order valence-electron chi connectivity index (χ2n) is 3.81. The Balaban J connectivity index is 2.24. The summed E-state index contributed by atoms with van der Waals surface area (Å²) < 4.78 is 7.15. The largest absolute Gasteiger partial charge is 0.385 e. The van der Waals surface area contributed by atoms with Gasteiger partial charge < -0.3 is 14.9 Å². The summed E-state index contributed by atoms with van der Waals surface area (Å²) in [6, 6.07) is 4.09. The van der Waals surface area contributed by atoms with E-state index in [1.54, 1.807) is 7.11 Å². The molecule has 0 radical (unpaired) electrons. The average molecular weight is 219 g/mol. The molecular formula is C12H17N3O. The third kappa shape index (κ3) is 2.23. The maximum Gasteiger partial charge on any atom is 0.113 e. The SMILES string of the molecule is COCCCc1ncc2ccc(CN)cn12. The molecule has 16 heavy (non-hydrogen) atoms. The standard InChI is InChI=1S/C12H17N3O/c1-16-6-2-3-12-14-8-11-5-4-10(7-13)9-15(11)12/h4-5,8-9H,2-3,6-7,13H2,1H3. The van der Waals surface area contributed by atoms with Gasteiger partial charge in [0.25, 0.3) is 0 Å². The van der Waals surface area contributed by atoms with E-state index in [-0.39, 0.29) is 0 Å². The topological polar surface area (TPSA) is 52.5 Å². The van der Waals surface area contributed by atoms with Crippen molar-refractivity contribution in [3.63, 3.8) is 0 Å². The summed E-state index contributed by atoms with van der Waals surface area (Å²) in [6.07, 6.45) is 5.87. The number of imidazole rings is 1. The molecule has 0 aliphatic rings. The Morgan fingerprint density at radius 3 is 3.06 bits per heavy atom. The highest BCUT2D eigenvalue weighted by Crippen LogP contribution is 2.10. The van der Waals surface area contributed by atoms with Gasteiger partial charge in [-0.25, -0.2) is 4.98 Å². The molecule has 2 rings (SSSR count). The maximum atomic E-state index is 5.63. The van der Waals surface area contributed by atoms with E-state index in [1.165, 1.54) is 0 Å². The number of nitrogens with two attached hydrogens (primary N) is 1. The fourth-order valence-corrected chi connectivity index (χ4v) is 1.77. The highest BCUT2D eigenvalue weighted by Gasteiger charge is 2.03. The van der Waals surface area contributed by atoms with Gasteiger partial charge >= 0.3 is 0 Å². The van der Waals surface area contributed by atoms with Crippen LogP contribution in [-0.4, -0.2) is 23.1 Å². The number of pyridine rings is 1. The Hall–Kier alpha value is -1.39. The van der Waals surface area contributed by atoms with Gasteiger partial charge in [0, 0.05) is 32.9 Å². The summed E-state index contributed by atoms with van der Waals surface area (Å²) >= 11 is 0. The molecule has 0 atom stereocenters. The smallest absolute Gasteiger partial charge is 0.113 e. The van der Waals surface area contributed by atoms with Gasteiger partial charge in [-0.3, -0.25) is 0 Å². The fraction of sp³-hybridized carbons (Fsp3) is 0.417. The molecule has 0 aliphatic carbocycles. The van der Waals surface area contributed by atoms with Gasteiger partial charge in [-0.05, 0) is 18.1 Å². The molecule has 4 nitrogen and oxygen atoms in total. The van der Waals surface area contributed by atoms with Crippen molar-refractivity contribution in [2.75, 3.05) is 13.7 Å². The van der Waals surface area contributed by atoms with Gasteiger partial charge in [0.1, 0.15) is 5.82 Å². The van der Waals surface area contributed by atoms with Crippen LogP contribution in [0.4, 0.5) is 0 Å². The number of fused-ring (bicyclic) bond motifs is 1. The molecule has 0 spiro atoms. The van der Waals surface area contributed by atoms with Crippen molar-refractivity contribution >= 4 is 5.52 Å².